The Labute approximate surface area is 218 Å². The molecule has 0 spiro atoms. The highest BCUT2D eigenvalue weighted by atomic mass is 16.5. The SMILES string of the molecule is CC(=O)c1ccc(OCCCc2cn(C(c3ccccc3)(c3ccccc3)c3ccccc3)cn2)cc1. The van der Waals surface area contributed by atoms with Gasteiger partial charge >= 0.3 is 0 Å². The van der Waals surface area contributed by atoms with Crippen LogP contribution < -0.4 is 4.74 Å². The highest BCUT2D eigenvalue weighted by Crippen LogP contribution is 2.40. The second-order valence-electron chi connectivity index (χ2n) is 9.11. The molecule has 184 valence electrons. The maximum atomic E-state index is 11.5. The molecule has 0 amide bonds. The Morgan fingerprint density at radius 2 is 1.27 bits per heavy atom. The number of Topliss-reactive ketones (excluding diaryl/α,β-unsaturated/α-hetero) is 1. The van der Waals surface area contributed by atoms with Crippen molar-refractivity contribution in [3.63, 3.8) is 0 Å². The zero-order valence-corrected chi connectivity index (χ0v) is 21.0. The monoisotopic (exact) mass is 486 g/mol. The highest BCUT2D eigenvalue weighted by molar-refractivity contribution is 5.94. The molecule has 0 aliphatic rings. The third-order valence-electron chi connectivity index (χ3n) is 6.70. The molecule has 0 aliphatic heterocycles. The Morgan fingerprint density at radius 1 is 0.757 bits per heavy atom. The van der Waals surface area contributed by atoms with Gasteiger partial charge in [0, 0.05) is 11.8 Å². The van der Waals surface area contributed by atoms with Gasteiger partial charge in [0.2, 0.25) is 0 Å². The number of ketones is 1. The molecule has 5 rings (SSSR count). The number of imidazole rings is 1. The molecule has 4 aromatic carbocycles. The molecule has 1 heterocycles. The zero-order chi connectivity index (χ0) is 25.5. The topological polar surface area (TPSA) is 44.1 Å². The van der Waals surface area contributed by atoms with Crippen molar-refractivity contribution in [3.8, 4) is 5.75 Å². The molecule has 0 radical (unpaired) electrons. The third-order valence-corrected chi connectivity index (χ3v) is 6.70. The van der Waals surface area contributed by atoms with Crippen molar-refractivity contribution in [1.82, 2.24) is 9.55 Å². The molecule has 0 atom stereocenters. The number of hydrogen-bond donors (Lipinski definition) is 0. The number of aromatic nitrogens is 2. The summed E-state index contributed by atoms with van der Waals surface area (Å²) in [6.45, 7) is 2.14. The lowest BCUT2D eigenvalue weighted by Gasteiger charge is -2.37. The van der Waals surface area contributed by atoms with E-state index >= 15 is 0 Å². The summed E-state index contributed by atoms with van der Waals surface area (Å²) in [7, 11) is 0. The first-order valence-electron chi connectivity index (χ1n) is 12.6. The van der Waals surface area contributed by atoms with Gasteiger partial charge in [-0.3, -0.25) is 4.79 Å². The van der Waals surface area contributed by atoms with Crippen molar-refractivity contribution < 1.29 is 9.53 Å². The van der Waals surface area contributed by atoms with E-state index in [1.165, 1.54) is 16.7 Å². The van der Waals surface area contributed by atoms with Gasteiger partial charge in [0.25, 0.3) is 0 Å². The Hall–Kier alpha value is -4.44. The molecular weight excluding hydrogens is 456 g/mol. The van der Waals surface area contributed by atoms with Crippen LogP contribution in [0.25, 0.3) is 0 Å². The maximum absolute atomic E-state index is 11.5. The van der Waals surface area contributed by atoms with Gasteiger partial charge in [0.1, 0.15) is 11.3 Å². The largest absolute Gasteiger partial charge is 0.494 e. The van der Waals surface area contributed by atoms with Gasteiger partial charge < -0.3 is 9.30 Å². The van der Waals surface area contributed by atoms with E-state index < -0.39 is 5.54 Å². The maximum Gasteiger partial charge on any atom is 0.159 e. The minimum absolute atomic E-state index is 0.0553. The molecule has 0 aliphatic carbocycles. The number of rotatable bonds is 10. The van der Waals surface area contributed by atoms with E-state index in [9.17, 15) is 4.79 Å². The summed E-state index contributed by atoms with van der Waals surface area (Å²) < 4.78 is 8.14. The number of ether oxygens (including phenoxy) is 1. The van der Waals surface area contributed by atoms with E-state index in [1.54, 1.807) is 19.1 Å². The second kappa shape index (κ2) is 11.1. The van der Waals surface area contributed by atoms with Crippen LogP contribution >= 0.6 is 0 Å². The minimum atomic E-state index is -0.552. The molecule has 0 saturated heterocycles. The summed E-state index contributed by atoms with van der Waals surface area (Å²) in [5, 5.41) is 0. The van der Waals surface area contributed by atoms with E-state index in [1.807, 2.05) is 18.5 Å². The van der Waals surface area contributed by atoms with Gasteiger partial charge in [-0.25, -0.2) is 4.98 Å². The van der Waals surface area contributed by atoms with Crippen LogP contribution in [0.2, 0.25) is 0 Å². The van der Waals surface area contributed by atoms with Crippen molar-refractivity contribution in [1.29, 1.82) is 0 Å². The normalized spacial score (nSPS) is 11.3. The van der Waals surface area contributed by atoms with Crippen LogP contribution in [0.3, 0.4) is 0 Å². The van der Waals surface area contributed by atoms with E-state index in [0.29, 0.717) is 12.2 Å². The standard InChI is InChI=1S/C33H30N2O2/c1-26(36)27-19-21-32(22-20-27)37-23-11-18-31-24-35(25-34-31)33(28-12-5-2-6-13-28,29-14-7-3-8-15-29)30-16-9-4-10-17-30/h2-10,12-17,19-22,24-25H,11,18,23H2,1H3. The summed E-state index contributed by atoms with van der Waals surface area (Å²) in [5.41, 5.74) is 4.68. The number of carbonyl (C=O) groups is 1. The number of benzene rings is 4. The average molecular weight is 487 g/mol. The van der Waals surface area contributed by atoms with E-state index in [4.69, 9.17) is 9.72 Å². The lowest BCUT2D eigenvalue weighted by atomic mass is 9.77. The molecular formula is C33H30N2O2. The summed E-state index contributed by atoms with van der Waals surface area (Å²) in [4.78, 5) is 16.3. The predicted octanol–water partition coefficient (Wildman–Crippen LogP) is 6.94. The fourth-order valence-electron chi connectivity index (χ4n) is 4.89. The van der Waals surface area contributed by atoms with Crippen LogP contribution in [0, 0.1) is 0 Å². The molecule has 0 bridgehead atoms. The predicted molar refractivity (Wildman–Crippen MR) is 147 cm³/mol. The van der Waals surface area contributed by atoms with Crippen LogP contribution in [0.4, 0.5) is 0 Å². The number of carbonyl (C=O) groups excluding carboxylic acids is 1. The molecule has 0 saturated carbocycles. The van der Waals surface area contributed by atoms with E-state index in [0.717, 1.165) is 24.3 Å². The Morgan fingerprint density at radius 3 is 1.76 bits per heavy atom. The first-order chi connectivity index (χ1) is 18.2. The van der Waals surface area contributed by atoms with E-state index in [2.05, 4.69) is 102 Å². The first-order valence-corrected chi connectivity index (χ1v) is 12.6. The van der Waals surface area contributed by atoms with Crippen molar-refractivity contribution in [2.24, 2.45) is 0 Å². The second-order valence-corrected chi connectivity index (χ2v) is 9.11. The van der Waals surface area contributed by atoms with Gasteiger partial charge in [0.15, 0.2) is 5.78 Å². The molecule has 4 nitrogen and oxygen atoms in total. The Bertz CT molecular complexity index is 1330. The van der Waals surface area contributed by atoms with Gasteiger partial charge in [0.05, 0.1) is 18.6 Å². The van der Waals surface area contributed by atoms with Gasteiger partial charge in [-0.15, -0.1) is 0 Å². The van der Waals surface area contributed by atoms with Gasteiger partial charge in [-0.1, -0.05) is 91.0 Å². The van der Waals surface area contributed by atoms with Crippen molar-refractivity contribution in [2.45, 2.75) is 25.3 Å². The molecule has 0 fully saturated rings. The van der Waals surface area contributed by atoms with Gasteiger partial charge in [-0.2, -0.15) is 0 Å². The molecule has 37 heavy (non-hydrogen) atoms. The summed E-state index contributed by atoms with van der Waals surface area (Å²) in [6.07, 6.45) is 5.74. The minimum Gasteiger partial charge on any atom is -0.494 e. The van der Waals surface area contributed by atoms with Crippen LogP contribution in [0.15, 0.2) is 128 Å². The van der Waals surface area contributed by atoms with Gasteiger partial charge in [-0.05, 0) is 60.7 Å². The molecule has 4 heteroatoms. The quantitative estimate of drug-likeness (QED) is 0.122. The molecule has 0 unspecified atom stereocenters. The third kappa shape index (κ3) is 5.10. The summed E-state index contributed by atoms with van der Waals surface area (Å²) >= 11 is 0. The van der Waals surface area contributed by atoms with Crippen molar-refractivity contribution >= 4 is 5.78 Å². The molecule has 0 N–H and O–H groups in total. The van der Waals surface area contributed by atoms with Crippen LogP contribution in [-0.2, 0) is 12.0 Å². The number of aryl methyl sites for hydroxylation is 1. The van der Waals surface area contributed by atoms with E-state index in [-0.39, 0.29) is 5.78 Å². The fourth-order valence-corrected chi connectivity index (χ4v) is 4.89. The van der Waals surface area contributed by atoms with Crippen molar-refractivity contribution in [3.05, 3.63) is 156 Å². The zero-order valence-electron chi connectivity index (χ0n) is 21.0. The lowest BCUT2D eigenvalue weighted by molar-refractivity contribution is 0.101. The summed E-state index contributed by atoms with van der Waals surface area (Å²) in [5.74, 6) is 0.825. The summed E-state index contributed by atoms with van der Waals surface area (Å²) in [6, 6.07) is 39.1. The van der Waals surface area contributed by atoms with Crippen LogP contribution in [0.5, 0.6) is 5.75 Å². The average Bonchev–Trinajstić information content (AvgIpc) is 3.43. The molecule has 1 aromatic heterocycles. The van der Waals surface area contributed by atoms with Crippen LogP contribution in [0.1, 0.15) is 46.1 Å². The lowest BCUT2D eigenvalue weighted by Crippen LogP contribution is -2.36. The van der Waals surface area contributed by atoms with Crippen LogP contribution in [-0.4, -0.2) is 21.9 Å². The number of hydrogen-bond acceptors (Lipinski definition) is 3. The molecule has 5 aromatic rings. The first kappa shape index (κ1) is 24.3. The van der Waals surface area contributed by atoms with Crippen molar-refractivity contribution in [2.75, 3.05) is 6.61 Å². The Balaban J connectivity index is 1.41. The number of nitrogens with zero attached hydrogens (tertiary/aromatic N) is 2. The highest BCUT2D eigenvalue weighted by Gasteiger charge is 2.38. The Kier molecular flexibility index (Phi) is 7.27. The fraction of sp³-hybridized carbons (Fsp3) is 0.152. The smallest absolute Gasteiger partial charge is 0.159 e.